The Kier molecular flexibility index (Phi) is 9.06. The van der Waals surface area contributed by atoms with Crippen molar-refractivity contribution in [2.45, 2.75) is 59.0 Å². The van der Waals surface area contributed by atoms with Gasteiger partial charge in [0.1, 0.15) is 5.82 Å². The maximum absolute atomic E-state index is 12.8. The van der Waals surface area contributed by atoms with Gasteiger partial charge in [-0.2, -0.15) is 4.98 Å². The molecule has 0 fully saturated rings. The third kappa shape index (κ3) is 6.68. The molecule has 0 saturated carbocycles. The zero-order chi connectivity index (χ0) is 25.8. The Morgan fingerprint density at radius 3 is 2.43 bits per heavy atom. The number of urea groups is 1. The Morgan fingerprint density at radius 2 is 1.86 bits per heavy atom. The minimum Gasteiger partial charge on any atom is -0.338 e. The van der Waals surface area contributed by atoms with Gasteiger partial charge in [-0.1, -0.05) is 44.8 Å². The lowest BCUT2D eigenvalue weighted by Crippen LogP contribution is -2.43. The van der Waals surface area contributed by atoms with E-state index in [2.05, 4.69) is 66.2 Å². The number of hydrogen-bond acceptors (Lipinski definition) is 6. The summed E-state index contributed by atoms with van der Waals surface area (Å²) in [6.45, 7) is 11.4. The topological polar surface area (TPSA) is 109 Å². The Balaban J connectivity index is 2.16. The van der Waals surface area contributed by atoms with Crippen LogP contribution in [0.5, 0.6) is 0 Å². The summed E-state index contributed by atoms with van der Waals surface area (Å²) in [5.41, 5.74) is 7.57. The molecule has 2 aromatic heterocycles. The third-order valence-corrected chi connectivity index (χ3v) is 6.84. The van der Waals surface area contributed by atoms with Crippen LogP contribution in [-0.4, -0.2) is 45.7 Å². The van der Waals surface area contributed by atoms with E-state index >= 15 is 0 Å². The third-order valence-electron chi connectivity index (χ3n) is 5.52. The van der Waals surface area contributed by atoms with Crippen molar-refractivity contribution in [1.29, 1.82) is 0 Å². The van der Waals surface area contributed by atoms with E-state index in [9.17, 15) is 4.79 Å². The van der Waals surface area contributed by atoms with Gasteiger partial charge < -0.3 is 16.0 Å². The summed E-state index contributed by atoms with van der Waals surface area (Å²) >= 11 is 7.28. The number of fused-ring (bicyclic) bond motifs is 1. The average Bonchev–Trinajstić information content (AvgIpc) is 2.77. The predicted molar refractivity (Wildman–Crippen MR) is 151 cm³/mol. The highest BCUT2D eigenvalue weighted by Gasteiger charge is 2.22. The number of nitrogens with zero attached hydrogens (tertiary/aromatic N) is 4. The number of nitrogens with two attached hydrogens (primary N) is 1. The molecule has 3 aromatic rings. The summed E-state index contributed by atoms with van der Waals surface area (Å²) in [4.78, 5) is 29.2. The quantitative estimate of drug-likeness (QED) is 0.286. The normalized spacial score (nSPS) is 12.5. The second-order valence-electron chi connectivity index (χ2n) is 9.32. The maximum Gasteiger partial charge on any atom is 0.320 e. The van der Waals surface area contributed by atoms with Gasteiger partial charge in [0, 0.05) is 49.8 Å². The van der Waals surface area contributed by atoms with Gasteiger partial charge >= 0.3 is 6.03 Å². The van der Waals surface area contributed by atoms with E-state index in [1.54, 1.807) is 6.20 Å². The fourth-order valence-corrected chi connectivity index (χ4v) is 5.37. The fraction of sp³-hybridized carbons (Fsp3) is 0.440. The molecule has 188 valence electrons. The van der Waals surface area contributed by atoms with Crippen LogP contribution in [0, 0.1) is 0 Å². The van der Waals surface area contributed by atoms with Crippen molar-refractivity contribution in [3.05, 3.63) is 39.4 Å². The van der Waals surface area contributed by atoms with E-state index in [1.165, 1.54) is 0 Å². The van der Waals surface area contributed by atoms with Crippen molar-refractivity contribution in [2.24, 2.45) is 5.73 Å². The van der Waals surface area contributed by atoms with Crippen molar-refractivity contribution in [2.75, 3.05) is 23.3 Å². The van der Waals surface area contributed by atoms with Crippen LogP contribution in [0.15, 0.2) is 39.4 Å². The summed E-state index contributed by atoms with van der Waals surface area (Å²) in [7, 11) is 0. The van der Waals surface area contributed by atoms with E-state index in [0.717, 1.165) is 44.8 Å². The number of anilines is 2. The van der Waals surface area contributed by atoms with Crippen LogP contribution in [0.25, 0.3) is 22.2 Å². The molecule has 4 N–H and O–H groups in total. The summed E-state index contributed by atoms with van der Waals surface area (Å²) in [6, 6.07) is 7.69. The fourth-order valence-electron chi connectivity index (χ4n) is 3.95. The van der Waals surface area contributed by atoms with E-state index in [4.69, 9.17) is 15.7 Å². The molecule has 0 spiro atoms. The number of aromatic nitrogens is 3. The standard InChI is InChI=1S/C25H33Br2N7O/c1-6-16(11-12-28)34(7-2)23-29-14-15-13-17(20-18(26)9-8-10-19(20)27)22(30-21(15)31-23)32-24(35)33-25(3,4)5/h8-10,13-14,16H,6-7,11-12,28H2,1-5H3,(H2,29,30,31,32,33,35). The summed E-state index contributed by atoms with van der Waals surface area (Å²) in [5.74, 6) is 1.02. The lowest BCUT2D eigenvalue weighted by Gasteiger charge is -2.30. The minimum atomic E-state index is -0.399. The predicted octanol–water partition coefficient (Wildman–Crippen LogP) is 6.09. The zero-order valence-electron chi connectivity index (χ0n) is 20.8. The molecule has 3 rings (SSSR count). The summed E-state index contributed by atoms with van der Waals surface area (Å²) in [5, 5.41) is 6.64. The smallest absolute Gasteiger partial charge is 0.320 e. The molecule has 0 aliphatic carbocycles. The number of halogens is 2. The van der Waals surface area contributed by atoms with Gasteiger partial charge in [-0.15, -0.1) is 0 Å². The highest BCUT2D eigenvalue weighted by molar-refractivity contribution is 9.11. The highest BCUT2D eigenvalue weighted by atomic mass is 79.9. The number of carbonyl (C=O) groups excluding carboxylic acids is 1. The number of amides is 2. The van der Waals surface area contributed by atoms with Crippen LogP contribution in [-0.2, 0) is 0 Å². The van der Waals surface area contributed by atoms with Crippen molar-refractivity contribution in [1.82, 2.24) is 20.3 Å². The Bertz CT molecular complexity index is 1180. The average molecular weight is 607 g/mol. The molecule has 35 heavy (non-hydrogen) atoms. The Labute approximate surface area is 223 Å². The monoisotopic (exact) mass is 605 g/mol. The van der Waals surface area contributed by atoms with E-state index in [0.29, 0.717) is 24.0 Å². The molecule has 10 heteroatoms. The molecule has 1 aromatic carbocycles. The summed E-state index contributed by atoms with van der Waals surface area (Å²) in [6.07, 6.45) is 3.58. The first-order valence-electron chi connectivity index (χ1n) is 11.8. The molecule has 0 saturated heterocycles. The SMILES string of the molecule is CCC(CCN)N(CC)c1ncc2cc(-c3c(Br)cccc3Br)c(NC(=O)NC(C)(C)C)nc2n1. The lowest BCUT2D eigenvalue weighted by molar-refractivity contribution is 0.243. The molecular formula is C25H33Br2N7O. The molecule has 0 radical (unpaired) electrons. The van der Waals surface area contributed by atoms with Gasteiger partial charge in [0.2, 0.25) is 5.95 Å². The Hall–Kier alpha value is -2.30. The van der Waals surface area contributed by atoms with Crippen molar-refractivity contribution < 1.29 is 4.79 Å². The van der Waals surface area contributed by atoms with Gasteiger partial charge in [0.05, 0.1) is 0 Å². The van der Waals surface area contributed by atoms with Gasteiger partial charge in [0.25, 0.3) is 0 Å². The van der Waals surface area contributed by atoms with Crippen molar-refractivity contribution in [3.8, 4) is 11.1 Å². The van der Waals surface area contributed by atoms with Crippen LogP contribution < -0.4 is 21.3 Å². The molecule has 1 atom stereocenters. The summed E-state index contributed by atoms with van der Waals surface area (Å²) < 4.78 is 1.74. The van der Waals surface area contributed by atoms with Gasteiger partial charge in [-0.25, -0.2) is 14.8 Å². The Morgan fingerprint density at radius 1 is 1.17 bits per heavy atom. The molecule has 8 nitrogen and oxygen atoms in total. The molecule has 0 aliphatic heterocycles. The van der Waals surface area contributed by atoms with Gasteiger partial charge in [0.15, 0.2) is 5.65 Å². The van der Waals surface area contributed by atoms with Crippen LogP contribution in [0.3, 0.4) is 0 Å². The second-order valence-corrected chi connectivity index (χ2v) is 11.0. The number of carbonyl (C=O) groups is 1. The van der Waals surface area contributed by atoms with E-state index in [-0.39, 0.29) is 12.1 Å². The molecule has 0 bridgehead atoms. The van der Waals surface area contributed by atoms with E-state index < -0.39 is 5.54 Å². The highest BCUT2D eigenvalue weighted by Crippen LogP contribution is 2.39. The van der Waals surface area contributed by atoms with Gasteiger partial charge in [-0.3, -0.25) is 5.32 Å². The number of benzene rings is 1. The maximum atomic E-state index is 12.8. The number of pyridine rings is 1. The van der Waals surface area contributed by atoms with Crippen LogP contribution >= 0.6 is 31.9 Å². The van der Waals surface area contributed by atoms with Crippen LogP contribution in [0.1, 0.15) is 47.5 Å². The molecule has 1 unspecified atom stereocenters. The number of nitrogens with one attached hydrogen (secondary N) is 2. The minimum absolute atomic E-state index is 0.244. The molecule has 0 aliphatic rings. The molecular weight excluding hydrogens is 574 g/mol. The van der Waals surface area contributed by atoms with Crippen molar-refractivity contribution >= 4 is 60.7 Å². The first-order valence-corrected chi connectivity index (χ1v) is 13.3. The molecule has 2 heterocycles. The first-order chi connectivity index (χ1) is 16.6. The zero-order valence-corrected chi connectivity index (χ0v) is 24.0. The lowest BCUT2D eigenvalue weighted by atomic mass is 10.1. The van der Waals surface area contributed by atoms with Crippen molar-refractivity contribution in [3.63, 3.8) is 0 Å². The van der Waals surface area contributed by atoms with E-state index in [1.807, 2.05) is 45.0 Å². The van der Waals surface area contributed by atoms with Crippen LogP contribution in [0.4, 0.5) is 16.6 Å². The molecule has 2 amide bonds. The number of hydrogen-bond donors (Lipinski definition) is 3. The first kappa shape index (κ1) is 27.3. The van der Waals surface area contributed by atoms with Crippen LogP contribution in [0.2, 0.25) is 0 Å². The largest absolute Gasteiger partial charge is 0.338 e. The number of rotatable bonds is 8. The van der Waals surface area contributed by atoms with Gasteiger partial charge in [-0.05, 0) is 65.3 Å². The second kappa shape index (κ2) is 11.6.